The van der Waals surface area contributed by atoms with Crippen molar-refractivity contribution >= 4 is 17.5 Å². The Morgan fingerprint density at radius 3 is 2.82 bits per heavy atom. The van der Waals surface area contributed by atoms with Crippen molar-refractivity contribution in [3.05, 3.63) is 46.7 Å². The Morgan fingerprint density at radius 1 is 1.45 bits per heavy atom. The minimum atomic E-state index is -3.00. The van der Waals surface area contributed by atoms with Crippen molar-refractivity contribution in [3.63, 3.8) is 0 Å². The van der Waals surface area contributed by atoms with E-state index in [1.54, 1.807) is 16.9 Å². The number of hydrogen-bond donors (Lipinski definition) is 1. The SMILES string of the molecule is CCn1cc(Cl)c(CNC(=O)c2ccccc2OC(F)F)n1. The van der Waals surface area contributed by atoms with Gasteiger partial charge in [0.1, 0.15) is 11.4 Å². The van der Waals surface area contributed by atoms with Crippen molar-refractivity contribution in [1.82, 2.24) is 15.1 Å². The molecule has 0 aliphatic heterocycles. The molecule has 1 aromatic carbocycles. The van der Waals surface area contributed by atoms with E-state index in [1.165, 1.54) is 18.2 Å². The Morgan fingerprint density at radius 2 is 2.18 bits per heavy atom. The highest BCUT2D eigenvalue weighted by atomic mass is 35.5. The molecule has 0 saturated heterocycles. The highest BCUT2D eigenvalue weighted by molar-refractivity contribution is 6.31. The second kappa shape index (κ2) is 7.22. The number of carbonyl (C=O) groups is 1. The molecular formula is C14H14ClF2N3O2. The molecule has 22 heavy (non-hydrogen) atoms. The van der Waals surface area contributed by atoms with E-state index in [-0.39, 0.29) is 17.9 Å². The molecule has 0 fully saturated rings. The lowest BCUT2D eigenvalue weighted by Gasteiger charge is -2.10. The highest BCUT2D eigenvalue weighted by Gasteiger charge is 2.16. The fourth-order valence-corrected chi connectivity index (χ4v) is 2.05. The molecule has 0 unspecified atom stereocenters. The van der Waals surface area contributed by atoms with Gasteiger partial charge in [0.05, 0.1) is 17.1 Å². The summed E-state index contributed by atoms with van der Waals surface area (Å²) in [5.74, 6) is -0.724. The second-order valence-electron chi connectivity index (χ2n) is 4.34. The average molecular weight is 330 g/mol. The number of aromatic nitrogens is 2. The van der Waals surface area contributed by atoms with Crippen LogP contribution in [0.25, 0.3) is 0 Å². The van der Waals surface area contributed by atoms with E-state index < -0.39 is 12.5 Å². The van der Waals surface area contributed by atoms with Gasteiger partial charge in [-0.05, 0) is 19.1 Å². The topological polar surface area (TPSA) is 56.2 Å². The van der Waals surface area contributed by atoms with Gasteiger partial charge in [-0.15, -0.1) is 0 Å². The van der Waals surface area contributed by atoms with E-state index in [2.05, 4.69) is 15.2 Å². The van der Waals surface area contributed by atoms with Gasteiger partial charge >= 0.3 is 6.61 Å². The predicted molar refractivity (Wildman–Crippen MR) is 77.2 cm³/mol. The van der Waals surface area contributed by atoms with E-state index in [0.29, 0.717) is 17.3 Å². The number of para-hydroxylation sites is 1. The molecule has 2 aromatic rings. The first-order valence-corrected chi connectivity index (χ1v) is 6.93. The van der Waals surface area contributed by atoms with Crippen LogP contribution in [0.3, 0.4) is 0 Å². The van der Waals surface area contributed by atoms with Gasteiger partial charge in [0.2, 0.25) is 0 Å². The van der Waals surface area contributed by atoms with Gasteiger partial charge in [-0.25, -0.2) is 0 Å². The second-order valence-corrected chi connectivity index (χ2v) is 4.74. The Hall–Kier alpha value is -2.15. The van der Waals surface area contributed by atoms with Crippen molar-refractivity contribution < 1.29 is 18.3 Å². The maximum Gasteiger partial charge on any atom is 0.387 e. The normalized spacial score (nSPS) is 10.8. The third kappa shape index (κ3) is 3.94. The van der Waals surface area contributed by atoms with Gasteiger partial charge in [0, 0.05) is 12.7 Å². The molecule has 1 amide bonds. The van der Waals surface area contributed by atoms with Crippen molar-refractivity contribution in [2.75, 3.05) is 0 Å². The first-order chi connectivity index (χ1) is 10.5. The summed E-state index contributed by atoms with van der Waals surface area (Å²) >= 11 is 5.99. The number of hydrogen-bond acceptors (Lipinski definition) is 3. The van der Waals surface area contributed by atoms with Gasteiger partial charge in [-0.3, -0.25) is 9.48 Å². The van der Waals surface area contributed by atoms with Crippen molar-refractivity contribution in [2.24, 2.45) is 0 Å². The summed E-state index contributed by atoms with van der Waals surface area (Å²) in [4.78, 5) is 12.1. The monoisotopic (exact) mass is 329 g/mol. The van der Waals surface area contributed by atoms with Crippen LogP contribution in [0, 0.1) is 0 Å². The molecule has 5 nitrogen and oxygen atoms in total. The number of alkyl halides is 2. The third-order valence-corrected chi connectivity index (χ3v) is 3.19. The molecule has 2 rings (SSSR count). The summed E-state index contributed by atoms with van der Waals surface area (Å²) in [5.41, 5.74) is 0.526. The van der Waals surface area contributed by atoms with Crippen LogP contribution in [-0.4, -0.2) is 22.3 Å². The Balaban J connectivity index is 2.07. The molecule has 1 heterocycles. The largest absolute Gasteiger partial charge is 0.434 e. The zero-order valence-corrected chi connectivity index (χ0v) is 12.5. The zero-order valence-electron chi connectivity index (χ0n) is 11.7. The van der Waals surface area contributed by atoms with Crippen LogP contribution in [0.4, 0.5) is 8.78 Å². The summed E-state index contributed by atoms with van der Waals surface area (Å²) in [6, 6.07) is 5.78. The molecule has 1 aromatic heterocycles. The Bertz CT molecular complexity index is 661. The standard InChI is InChI=1S/C14H14ClF2N3O2/c1-2-20-8-10(15)11(19-20)7-18-13(21)9-5-3-4-6-12(9)22-14(16)17/h3-6,8,14H,2,7H2,1H3,(H,18,21). The summed E-state index contributed by atoms with van der Waals surface area (Å²) in [7, 11) is 0. The Kier molecular flexibility index (Phi) is 5.32. The highest BCUT2D eigenvalue weighted by Crippen LogP contribution is 2.20. The molecule has 0 aliphatic rings. The number of aryl methyl sites for hydroxylation is 1. The van der Waals surface area contributed by atoms with E-state index in [1.807, 2.05) is 6.92 Å². The summed E-state index contributed by atoms with van der Waals surface area (Å²) in [5, 5.41) is 7.20. The van der Waals surface area contributed by atoms with E-state index >= 15 is 0 Å². The van der Waals surface area contributed by atoms with Gasteiger partial charge in [0.15, 0.2) is 0 Å². The number of nitrogens with zero attached hydrogens (tertiary/aromatic N) is 2. The minimum Gasteiger partial charge on any atom is -0.434 e. The number of rotatable bonds is 6. The number of carbonyl (C=O) groups excluding carboxylic acids is 1. The number of halogens is 3. The average Bonchev–Trinajstić information content (AvgIpc) is 2.85. The van der Waals surface area contributed by atoms with Crippen LogP contribution < -0.4 is 10.1 Å². The molecule has 0 aliphatic carbocycles. The van der Waals surface area contributed by atoms with Crippen LogP contribution in [0.1, 0.15) is 23.0 Å². The van der Waals surface area contributed by atoms with Gasteiger partial charge in [-0.1, -0.05) is 23.7 Å². The predicted octanol–water partition coefficient (Wildman–Crippen LogP) is 3.09. The zero-order chi connectivity index (χ0) is 16.1. The fraction of sp³-hybridized carbons (Fsp3) is 0.286. The molecule has 0 saturated carbocycles. The van der Waals surface area contributed by atoms with Crippen LogP contribution in [-0.2, 0) is 13.1 Å². The third-order valence-electron chi connectivity index (χ3n) is 2.88. The smallest absolute Gasteiger partial charge is 0.387 e. The van der Waals surface area contributed by atoms with Crippen LogP contribution >= 0.6 is 11.6 Å². The van der Waals surface area contributed by atoms with Crippen molar-refractivity contribution in [3.8, 4) is 5.75 Å². The molecule has 0 spiro atoms. The number of nitrogens with one attached hydrogen (secondary N) is 1. The molecule has 0 atom stereocenters. The summed E-state index contributed by atoms with van der Waals surface area (Å²) in [6.45, 7) is -0.348. The van der Waals surface area contributed by atoms with Gasteiger partial charge < -0.3 is 10.1 Å². The molecule has 0 radical (unpaired) electrons. The summed E-state index contributed by atoms with van der Waals surface area (Å²) in [6.07, 6.45) is 1.65. The van der Waals surface area contributed by atoms with Gasteiger partial charge in [0.25, 0.3) is 5.91 Å². The minimum absolute atomic E-state index is 0.0221. The maximum atomic E-state index is 12.3. The van der Waals surface area contributed by atoms with Crippen LogP contribution in [0.15, 0.2) is 30.5 Å². The quantitative estimate of drug-likeness (QED) is 0.886. The lowest BCUT2D eigenvalue weighted by molar-refractivity contribution is -0.0501. The fourth-order valence-electron chi connectivity index (χ4n) is 1.83. The summed E-state index contributed by atoms with van der Waals surface area (Å²) < 4.78 is 30.6. The molecule has 118 valence electrons. The van der Waals surface area contributed by atoms with Crippen LogP contribution in [0.2, 0.25) is 5.02 Å². The lowest BCUT2D eigenvalue weighted by Crippen LogP contribution is -2.24. The maximum absolute atomic E-state index is 12.3. The number of amides is 1. The number of ether oxygens (including phenoxy) is 1. The lowest BCUT2D eigenvalue weighted by atomic mass is 10.2. The van der Waals surface area contributed by atoms with Gasteiger partial charge in [-0.2, -0.15) is 13.9 Å². The molecular weight excluding hydrogens is 316 g/mol. The molecule has 1 N–H and O–H groups in total. The van der Waals surface area contributed by atoms with E-state index in [0.717, 1.165) is 0 Å². The van der Waals surface area contributed by atoms with E-state index in [9.17, 15) is 13.6 Å². The van der Waals surface area contributed by atoms with Crippen molar-refractivity contribution in [2.45, 2.75) is 26.6 Å². The van der Waals surface area contributed by atoms with Crippen LogP contribution in [0.5, 0.6) is 5.75 Å². The molecule has 0 bridgehead atoms. The Labute approximate surface area is 130 Å². The van der Waals surface area contributed by atoms with Crippen molar-refractivity contribution in [1.29, 1.82) is 0 Å². The van der Waals surface area contributed by atoms with E-state index in [4.69, 9.17) is 11.6 Å². The first kappa shape index (κ1) is 16.2. The first-order valence-electron chi connectivity index (χ1n) is 6.55. The molecule has 8 heteroatoms. The number of benzene rings is 1.